The Balaban J connectivity index is 1.60. The minimum Gasteiger partial charge on any atom is -0.506 e. The van der Waals surface area contributed by atoms with Crippen molar-refractivity contribution in [3.8, 4) is 11.4 Å². The fourth-order valence-electron chi connectivity index (χ4n) is 4.96. The second-order valence-corrected chi connectivity index (χ2v) is 10.2. The SMILES string of the molecule is CCc1cccc(CN(C[C@@H](O)[C@@H](N)Cc2cc(F)cc(F)c2)C(=O)c2ccc(-n3c(C)ccc3C)c(O)c2)c1. The molecule has 210 valence electrons. The first-order chi connectivity index (χ1) is 19.0. The van der Waals surface area contributed by atoms with Crippen molar-refractivity contribution in [1.82, 2.24) is 9.47 Å². The van der Waals surface area contributed by atoms with Crippen molar-refractivity contribution < 1.29 is 23.8 Å². The predicted molar refractivity (Wildman–Crippen MR) is 152 cm³/mol. The fourth-order valence-corrected chi connectivity index (χ4v) is 4.96. The highest BCUT2D eigenvalue weighted by atomic mass is 19.1. The highest BCUT2D eigenvalue weighted by Gasteiger charge is 2.25. The molecule has 0 aliphatic heterocycles. The third kappa shape index (κ3) is 6.76. The number of carbonyl (C=O) groups excluding carboxylic acids is 1. The van der Waals surface area contributed by atoms with Crippen molar-refractivity contribution in [1.29, 1.82) is 0 Å². The molecule has 0 spiro atoms. The maximum atomic E-state index is 13.8. The molecule has 0 unspecified atom stereocenters. The summed E-state index contributed by atoms with van der Waals surface area (Å²) in [6, 6.07) is 18.7. The minimum absolute atomic E-state index is 0.0221. The quantitative estimate of drug-likeness (QED) is 0.254. The summed E-state index contributed by atoms with van der Waals surface area (Å²) < 4.78 is 29.2. The largest absolute Gasteiger partial charge is 0.506 e. The van der Waals surface area contributed by atoms with E-state index in [0.29, 0.717) is 11.3 Å². The van der Waals surface area contributed by atoms with Crippen LogP contribution in [0.1, 0.15) is 45.4 Å². The molecule has 0 bridgehead atoms. The molecule has 0 aliphatic carbocycles. The van der Waals surface area contributed by atoms with E-state index in [-0.39, 0.29) is 30.8 Å². The van der Waals surface area contributed by atoms with Gasteiger partial charge in [-0.15, -0.1) is 0 Å². The number of phenols is 1. The average Bonchev–Trinajstić information content (AvgIpc) is 3.24. The van der Waals surface area contributed by atoms with Gasteiger partial charge >= 0.3 is 0 Å². The molecule has 1 amide bonds. The third-order valence-corrected chi connectivity index (χ3v) is 7.09. The summed E-state index contributed by atoms with van der Waals surface area (Å²) in [5, 5.41) is 21.8. The Labute approximate surface area is 233 Å². The molecule has 0 saturated carbocycles. The van der Waals surface area contributed by atoms with Gasteiger partial charge in [0.15, 0.2) is 0 Å². The van der Waals surface area contributed by atoms with Crippen LogP contribution < -0.4 is 5.73 Å². The fraction of sp³-hybridized carbons (Fsp3) is 0.281. The molecule has 1 aromatic heterocycles. The van der Waals surface area contributed by atoms with E-state index >= 15 is 0 Å². The Hall–Kier alpha value is -4.01. The summed E-state index contributed by atoms with van der Waals surface area (Å²) in [5.74, 6) is -1.89. The molecule has 4 rings (SSSR count). The first-order valence-corrected chi connectivity index (χ1v) is 13.3. The van der Waals surface area contributed by atoms with Gasteiger partial charge in [-0.2, -0.15) is 0 Å². The molecule has 0 saturated heterocycles. The molecule has 0 fully saturated rings. The summed E-state index contributed by atoms with van der Waals surface area (Å²) in [6.07, 6.45) is -0.330. The molecule has 3 aromatic carbocycles. The van der Waals surface area contributed by atoms with Crippen LogP contribution >= 0.6 is 0 Å². The lowest BCUT2D eigenvalue weighted by atomic mass is 10.0. The average molecular weight is 548 g/mol. The zero-order valence-corrected chi connectivity index (χ0v) is 22.9. The smallest absolute Gasteiger partial charge is 0.254 e. The van der Waals surface area contributed by atoms with E-state index in [4.69, 9.17) is 5.73 Å². The molecule has 0 aliphatic rings. The zero-order valence-electron chi connectivity index (χ0n) is 22.9. The Morgan fingerprint density at radius 3 is 2.20 bits per heavy atom. The number of benzene rings is 3. The van der Waals surface area contributed by atoms with Crippen LogP contribution in [0.4, 0.5) is 8.78 Å². The normalized spacial score (nSPS) is 12.8. The number of hydrogen-bond donors (Lipinski definition) is 3. The number of aromatic hydroxyl groups is 1. The Bertz CT molecular complexity index is 1460. The number of rotatable bonds is 10. The van der Waals surface area contributed by atoms with Gasteiger partial charge in [0.25, 0.3) is 5.91 Å². The van der Waals surface area contributed by atoms with Crippen molar-refractivity contribution in [3.63, 3.8) is 0 Å². The number of aliphatic hydroxyl groups excluding tert-OH is 1. The Morgan fingerprint density at radius 2 is 1.57 bits per heavy atom. The maximum absolute atomic E-state index is 13.8. The van der Waals surface area contributed by atoms with Crippen LogP contribution in [-0.4, -0.2) is 44.3 Å². The second kappa shape index (κ2) is 12.4. The van der Waals surface area contributed by atoms with Crippen LogP contribution in [0.25, 0.3) is 5.69 Å². The monoisotopic (exact) mass is 547 g/mol. The Kier molecular flexibility index (Phi) is 9.02. The first kappa shape index (κ1) is 29.0. The van der Waals surface area contributed by atoms with E-state index in [1.54, 1.807) is 12.1 Å². The number of aliphatic hydroxyl groups is 1. The summed E-state index contributed by atoms with van der Waals surface area (Å²) in [7, 11) is 0. The van der Waals surface area contributed by atoms with E-state index in [0.717, 1.165) is 35.0 Å². The van der Waals surface area contributed by atoms with Gasteiger partial charge in [0.1, 0.15) is 17.4 Å². The van der Waals surface area contributed by atoms with Gasteiger partial charge in [-0.1, -0.05) is 31.2 Å². The molecule has 4 N–H and O–H groups in total. The van der Waals surface area contributed by atoms with Gasteiger partial charge in [-0.3, -0.25) is 4.79 Å². The summed E-state index contributed by atoms with van der Waals surface area (Å²) in [5.41, 5.74) is 11.2. The van der Waals surface area contributed by atoms with Gasteiger partial charge in [0, 0.05) is 42.1 Å². The molecular weight excluding hydrogens is 512 g/mol. The summed E-state index contributed by atoms with van der Waals surface area (Å²) >= 11 is 0. The molecule has 4 aromatic rings. The molecule has 40 heavy (non-hydrogen) atoms. The van der Waals surface area contributed by atoms with Crippen molar-refractivity contribution >= 4 is 5.91 Å². The van der Waals surface area contributed by atoms with Gasteiger partial charge in [0.05, 0.1) is 11.8 Å². The van der Waals surface area contributed by atoms with Crippen LogP contribution in [0.5, 0.6) is 5.75 Å². The topological polar surface area (TPSA) is 91.7 Å². The molecule has 6 nitrogen and oxygen atoms in total. The van der Waals surface area contributed by atoms with E-state index in [9.17, 15) is 23.8 Å². The Morgan fingerprint density at radius 1 is 0.925 bits per heavy atom. The van der Waals surface area contributed by atoms with E-state index in [1.807, 2.05) is 61.7 Å². The summed E-state index contributed by atoms with van der Waals surface area (Å²) in [6.45, 7) is 5.98. The maximum Gasteiger partial charge on any atom is 0.254 e. The molecule has 2 atom stereocenters. The van der Waals surface area contributed by atoms with E-state index in [2.05, 4.69) is 0 Å². The lowest BCUT2D eigenvalue weighted by Gasteiger charge is -2.29. The summed E-state index contributed by atoms with van der Waals surface area (Å²) in [4.78, 5) is 15.2. The van der Waals surface area contributed by atoms with Crippen LogP contribution in [0, 0.1) is 25.5 Å². The predicted octanol–water partition coefficient (Wildman–Crippen LogP) is 5.21. The van der Waals surface area contributed by atoms with E-state index in [1.165, 1.54) is 23.1 Å². The highest BCUT2D eigenvalue weighted by molar-refractivity contribution is 5.95. The third-order valence-electron chi connectivity index (χ3n) is 7.09. The van der Waals surface area contributed by atoms with Crippen LogP contribution in [0.15, 0.2) is 72.8 Å². The number of nitrogens with zero attached hydrogens (tertiary/aromatic N) is 2. The number of halogens is 2. The van der Waals surface area contributed by atoms with Crippen molar-refractivity contribution in [2.75, 3.05) is 6.54 Å². The van der Waals surface area contributed by atoms with Crippen molar-refractivity contribution in [2.45, 2.75) is 52.3 Å². The second-order valence-electron chi connectivity index (χ2n) is 10.2. The number of phenolic OH excluding ortho intramolecular Hbond substituents is 1. The lowest BCUT2D eigenvalue weighted by Crippen LogP contribution is -2.46. The first-order valence-electron chi connectivity index (χ1n) is 13.3. The molecular formula is C32H35F2N3O3. The number of amides is 1. The molecule has 8 heteroatoms. The number of hydrogen-bond acceptors (Lipinski definition) is 4. The zero-order chi connectivity index (χ0) is 29.0. The van der Waals surface area contributed by atoms with E-state index < -0.39 is 29.7 Å². The number of aryl methyl sites for hydroxylation is 3. The lowest BCUT2D eigenvalue weighted by molar-refractivity contribution is 0.0554. The minimum atomic E-state index is -1.18. The van der Waals surface area contributed by atoms with Gasteiger partial charge in [-0.25, -0.2) is 8.78 Å². The van der Waals surface area contributed by atoms with Gasteiger partial charge in [0.2, 0.25) is 0 Å². The van der Waals surface area contributed by atoms with Gasteiger partial charge in [-0.05, 0) is 85.8 Å². The number of nitrogens with two attached hydrogens (primary N) is 1. The highest BCUT2D eigenvalue weighted by Crippen LogP contribution is 2.27. The molecule has 1 heterocycles. The number of aromatic nitrogens is 1. The molecule has 0 radical (unpaired) electrons. The number of carbonyl (C=O) groups is 1. The standard InChI is InChI=1S/C32H35F2N3O3/c1-4-22-6-5-7-23(12-22)18-36(19-31(39)28(35)15-24-13-26(33)17-27(34)14-24)32(40)25-10-11-29(30(38)16-25)37-20(2)8-9-21(37)3/h5-14,16-17,28,31,38-39H,4,15,18-19,35H2,1-3H3/t28-,31+/m0/s1. The van der Waals surface area contributed by atoms with Crippen molar-refractivity contribution in [3.05, 3.63) is 118 Å². The van der Waals surface area contributed by atoms with Gasteiger partial charge < -0.3 is 25.4 Å². The van der Waals surface area contributed by atoms with Crippen molar-refractivity contribution in [2.24, 2.45) is 5.73 Å². The van der Waals surface area contributed by atoms with Crippen LogP contribution in [0.2, 0.25) is 0 Å². The van der Waals surface area contributed by atoms with Crippen LogP contribution in [-0.2, 0) is 19.4 Å². The van der Waals surface area contributed by atoms with Crippen LogP contribution in [0.3, 0.4) is 0 Å².